The fourth-order valence-electron chi connectivity index (χ4n) is 5.29. The summed E-state index contributed by atoms with van der Waals surface area (Å²) in [6.45, 7) is 13.4. The van der Waals surface area contributed by atoms with Crippen molar-refractivity contribution in [3.05, 3.63) is 71.8 Å². The highest BCUT2D eigenvalue weighted by atomic mass is 31.2. The monoisotopic (exact) mass is 694 g/mol. The second kappa shape index (κ2) is 15.8. The molecule has 47 heavy (non-hydrogen) atoms. The summed E-state index contributed by atoms with van der Waals surface area (Å²) >= 11 is 0. The second-order valence-electron chi connectivity index (χ2n) is 14.6. The van der Waals surface area contributed by atoms with Crippen molar-refractivity contribution in [2.24, 2.45) is 21.7 Å². The lowest BCUT2D eigenvalue weighted by atomic mass is 9.89. The molecule has 4 heterocycles. The van der Waals surface area contributed by atoms with Gasteiger partial charge in [-0.15, -0.1) is 0 Å². The van der Waals surface area contributed by atoms with E-state index in [1.165, 1.54) is 0 Å². The van der Waals surface area contributed by atoms with Gasteiger partial charge in [-0.1, -0.05) is 88.4 Å². The Morgan fingerprint density at radius 3 is 1.19 bits per heavy atom. The summed E-state index contributed by atoms with van der Waals surface area (Å²) in [5.41, 5.74) is 0.647. The highest BCUT2D eigenvalue weighted by Crippen LogP contribution is 2.50. The van der Waals surface area contributed by atoms with E-state index >= 15 is 0 Å². The minimum atomic E-state index is -1.48. The first-order valence-corrected chi connectivity index (χ1v) is 18.3. The van der Waals surface area contributed by atoms with E-state index in [4.69, 9.17) is 50.8 Å². The van der Waals surface area contributed by atoms with Crippen LogP contribution in [0.25, 0.3) is 0 Å². The SMILES string of the molecule is CC1(C)COP(OCC2(COCC3(COP4OCC(C)(C)CO4)COC(c4ccccc4)OC3)COC(c3ccccc3)OC2)OC1. The molecule has 260 valence electrons. The Balaban J connectivity index is 1.10. The van der Waals surface area contributed by atoms with Crippen LogP contribution >= 0.6 is 17.2 Å². The predicted octanol–water partition coefficient (Wildman–Crippen LogP) is 7.10. The van der Waals surface area contributed by atoms with Gasteiger partial charge in [-0.25, -0.2) is 0 Å². The maximum Gasteiger partial charge on any atom is 0.332 e. The summed E-state index contributed by atoms with van der Waals surface area (Å²) in [4.78, 5) is 0. The maximum absolute atomic E-state index is 6.52. The van der Waals surface area contributed by atoms with Crippen molar-refractivity contribution in [2.75, 3.05) is 79.3 Å². The van der Waals surface area contributed by atoms with Gasteiger partial charge in [-0.2, -0.15) is 0 Å². The van der Waals surface area contributed by atoms with Crippen molar-refractivity contribution in [1.82, 2.24) is 0 Å². The zero-order valence-corrected chi connectivity index (χ0v) is 29.6. The Labute approximate surface area is 280 Å². The van der Waals surface area contributed by atoms with Gasteiger partial charge in [0, 0.05) is 22.0 Å². The highest BCUT2D eigenvalue weighted by Gasteiger charge is 2.44. The summed E-state index contributed by atoms with van der Waals surface area (Å²) in [6, 6.07) is 19.8. The zero-order chi connectivity index (χ0) is 32.8. The lowest BCUT2D eigenvalue weighted by molar-refractivity contribution is -0.266. The van der Waals surface area contributed by atoms with Crippen LogP contribution in [0.5, 0.6) is 0 Å². The van der Waals surface area contributed by atoms with Crippen LogP contribution in [0, 0.1) is 21.7 Å². The van der Waals surface area contributed by atoms with Crippen LogP contribution in [0.15, 0.2) is 60.7 Å². The van der Waals surface area contributed by atoms with Gasteiger partial charge in [0.25, 0.3) is 0 Å². The topological polar surface area (TPSA) is 102 Å². The molecule has 0 radical (unpaired) electrons. The number of benzene rings is 2. The van der Waals surface area contributed by atoms with Gasteiger partial charge >= 0.3 is 17.2 Å². The third-order valence-electron chi connectivity index (χ3n) is 8.32. The first-order valence-electron chi connectivity index (χ1n) is 16.1. The number of rotatable bonds is 12. The molecule has 0 spiro atoms. The average Bonchev–Trinajstić information content (AvgIpc) is 3.09. The summed E-state index contributed by atoms with van der Waals surface area (Å²) in [6.07, 6.45) is -0.925. The standard InChI is InChI=1S/C34H48O11P2/c1-31(2)15-40-46(41-16-31)44-25-33(21-36-29(37-22-33)27-11-7-5-8-12-27)19-35-20-34(26-45-47-42-17-32(3,4)18-43-47)23-38-30(39-24-34)28-13-9-6-10-14-28/h5-14,29-30H,15-26H2,1-4H3. The van der Waals surface area contributed by atoms with Crippen molar-refractivity contribution < 1.29 is 50.8 Å². The zero-order valence-electron chi connectivity index (χ0n) is 27.8. The fourth-order valence-corrected chi connectivity index (χ4v) is 8.32. The van der Waals surface area contributed by atoms with Crippen molar-refractivity contribution in [2.45, 2.75) is 40.3 Å². The summed E-state index contributed by atoms with van der Waals surface area (Å²) in [5.74, 6) is 0. The number of ether oxygens (including phenoxy) is 5. The molecule has 4 saturated heterocycles. The molecule has 0 aliphatic carbocycles. The third kappa shape index (κ3) is 9.98. The van der Waals surface area contributed by atoms with Crippen LogP contribution in [0.1, 0.15) is 51.4 Å². The van der Waals surface area contributed by atoms with E-state index < -0.39 is 40.6 Å². The van der Waals surface area contributed by atoms with E-state index in [1.807, 2.05) is 60.7 Å². The van der Waals surface area contributed by atoms with Gasteiger partial charge in [0.05, 0.1) is 90.1 Å². The largest absolute Gasteiger partial charge is 0.380 e. The molecule has 4 fully saturated rings. The van der Waals surface area contributed by atoms with Gasteiger partial charge in [0.1, 0.15) is 0 Å². The lowest BCUT2D eigenvalue weighted by Crippen LogP contribution is -2.49. The second-order valence-corrected chi connectivity index (χ2v) is 17.1. The van der Waals surface area contributed by atoms with Crippen LogP contribution in [0.4, 0.5) is 0 Å². The smallest absolute Gasteiger partial charge is 0.332 e. The number of hydrogen-bond donors (Lipinski definition) is 0. The first kappa shape index (κ1) is 35.7. The van der Waals surface area contributed by atoms with Crippen molar-refractivity contribution in [1.29, 1.82) is 0 Å². The Hall–Kier alpha value is -1.14. The van der Waals surface area contributed by atoms with Crippen LogP contribution in [-0.2, 0) is 50.8 Å². The van der Waals surface area contributed by atoms with Gasteiger partial charge < -0.3 is 50.8 Å². The van der Waals surface area contributed by atoms with Gasteiger partial charge in [-0.3, -0.25) is 0 Å². The number of hydrogen-bond acceptors (Lipinski definition) is 11. The summed E-state index contributed by atoms with van der Waals surface area (Å²) < 4.78 is 67.6. The van der Waals surface area contributed by atoms with Crippen molar-refractivity contribution >= 4 is 17.2 Å². The fraction of sp³-hybridized carbons (Fsp3) is 0.647. The molecule has 0 N–H and O–H groups in total. The molecule has 6 rings (SSSR count). The molecular formula is C34H48O11P2. The van der Waals surface area contributed by atoms with E-state index in [2.05, 4.69) is 27.7 Å². The molecule has 4 aliphatic rings. The van der Waals surface area contributed by atoms with Crippen LogP contribution in [0.3, 0.4) is 0 Å². The summed E-state index contributed by atoms with van der Waals surface area (Å²) in [7, 11) is -2.96. The molecule has 0 saturated carbocycles. The molecule has 0 unspecified atom stereocenters. The van der Waals surface area contributed by atoms with E-state index in [0.717, 1.165) is 11.1 Å². The molecular weight excluding hydrogens is 646 g/mol. The molecule has 11 nitrogen and oxygen atoms in total. The quantitative estimate of drug-likeness (QED) is 0.213. The lowest BCUT2D eigenvalue weighted by Gasteiger charge is -2.43. The molecule has 0 bridgehead atoms. The van der Waals surface area contributed by atoms with Crippen LogP contribution in [-0.4, -0.2) is 79.3 Å². The highest BCUT2D eigenvalue weighted by molar-refractivity contribution is 7.42. The molecule has 4 aliphatic heterocycles. The Bertz CT molecular complexity index is 1120. The van der Waals surface area contributed by atoms with E-state index in [9.17, 15) is 0 Å². The molecule has 0 atom stereocenters. The Kier molecular flexibility index (Phi) is 12.0. The Morgan fingerprint density at radius 1 is 0.511 bits per heavy atom. The molecule has 2 aromatic rings. The minimum Gasteiger partial charge on any atom is -0.380 e. The molecule has 13 heteroatoms. The molecule has 0 amide bonds. The third-order valence-corrected chi connectivity index (χ3v) is 10.4. The van der Waals surface area contributed by atoms with Gasteiger partial charge in [0.15, 0.2) is 12.6 Å². The minimum absolute atomic E-state index is 0.0474. The van der Waals surface area contributed by atoms with E-state index in [1.54, 1.807) is 0 Å². The normalized spacial score (nSPS) is 31.8. The van der Waals surface area contributed by atoms with Gasteiger partial charge in [0.2, 0.25) is 0 Å². The maximum atomic E-state index is 6.52. The molecule has 2 aromatic carbocycles. The molecule has 0 aromatic heterocycles. The first-order chi connectivity index (χ1) is 22.6. The van der Waals surface area contributed by atoms with Crippen molar-refractivity contribution in [3.8, 4) is 0 Å². The van der Waals surface area contributed by atoms with E-state index in [-0.39, 0.29) is 24.0 Å². The van der Waals surface area contributed by atoms with Crippen LogP contribution in [0.2, 0.25) is 0 Å². The van der Waals surface area contributed by atoms with Crippen molar-refractivity contribution in [3.63, 3.8) is 0 Å². The Morgan fingerprint density at radius 2 is 0.851 bits per heavy atom. The van der Waals surface area contributed by atoms with Gasteiger partial charge in [-0.05, 0) is 0 Å². The average molecular weight is 695 g/mol. The predicted molar refractivity (Wildman–Crippen MR) is 175 cm³/mol. The summed E-state index contributed by atoms with van der Waals surface area (Å²) in [5, 5.41) is 0. The van der Waals surface area contributed by atoms with E-state index in [0.29, 0.717) is 66.1 Å². The van der Waals surface area contributed by atoms with Crippen LogP contribution < -0.4 is 0 Å².